The molecular formula is C22H47N2OS+. The molecule has 4 N–H and O–H groups in total. The summed E-state index contributed by atoms with van der Waals surface area (Å²) in [5, 5.41) is 3.08. The Morgan fingerprint density at radius 1 is 0.923 bits per heavy atom. The molecule has 0 saturated carbocycles. The molecule has 2 atom stereocenters. The van der Waals surface area contributed by atoms with Crippen LogP contribution in [-0.4, -0.2) is 30.5 Å². The maximum atomic E-state index is 12.1. The van der Waals surface area contributed by atoms with Crippen LogP contribution in [0.25, 0.3) is 0 Å². The van der Waals surface area contributed by atoms with Gasteiger partial charge in [0, 0.05) is 24.1 Å². The summed E-state index contributed by atoms with van der Waals surface area (Å²) >= 11 is 1.95. The maximum Gasteiger partial charge on any atom is 0.223 e. The summed E-state index contributed by atoms with van der Waals surface area (Å²) in [4.78, 5) is 12.1. The van der Waals surface area contributed by atoms with Crippen molar-refractivity contribution in [3.8, 4) is 0 Å². The second kappa shape index (κ2) is 19.5. The minimum Gasteiger partial charge on any atom is -0.357 e. The standard InChI is InChI=1S/C22H46N2OS/c1-4-5-6-7-8-9-10-11-12-13-17-26-19-21(3)22(25)24-16-14-15-20(2)18-23/h20-21H,4-19,23H2,1-3H3,(H,24,25)/p+1. The molecule has 0 aliphatic carbocycles. The van der Waals surface area contributed by atoms with E-state index in [0.717, 1.165) is 31.7 Å². The van der Waals surface area contributed by atoms with Crippen molar-refractivity contribution in [1.82, 2.24) is 5.32 Å². The average molecular weight is 388 g/mol. The second-order valence-corrected chi connectivity index (χ2v) is 9.13. The fraction of sp³-hybridized carbons (Fsp3) is 0.955. The summed E-state index contributed by atoms with van der Waals surface area (Å²) in [5.41, 5.74) is 3.92. The zero-order valence-electron chi connectivity index (χ0n) is 18.0. The molecule has 0 aromatic heterocycles. The van der Waals surface area contributed by atoms with Crippen molar-refractivity contribution in [1.29, 1.82) is 0 Å². The van der Waals surface area contributed by atoms with Crippen LogP contribution >= 0.6 is 11.8 Å². The Morgan fingerprint density at radius 2 is 1.50 bits per heavy atom. The molecule has 0 radical (unpaired) electrons. The third-order valence-electron chi connectivity index (χ3n) is 5.12. The third-order valence-corrected chi connectivity index (χ3v) is 6.44. The lowest BCUT2D eigenvalue weighted by Crippen LogP contribution is -2.53. The SMILES string of the molecule is CCCCCCCCCCCCSCC(C)C(=O)NCCCC(C)C[NH3+]. The van der Waals surface area contributed by atoms with Gasteiger partial charge in [0.15, 0.2) is 0 Å². The van der Waals surface area contributed by atoms with Gasteiger partial charge in [0.1, 0.15) is 0 Å². The molecule has 1 amide bonds. The van der Waals surface area contributed by atoms with Crippen LogP contribution in [0.5, 0.6) is 0 Å². The van der Waals surface area contributed by atoms with Crippen LogP contribution in [0, 0.1) is 11.8 Å². The lowest BCUT2D eigenvalue weighted by molar-refractivity contribution is -0.378. The van der Waals surface area contributed by atoms with E-state index in [1.165, 1.54) is 70.0 Å². The Balaban J connectivity index is 3.34. The number of quaternary nitrogens is 1. The summed E-state index contributed by atoms with van der Waals surface area (Å²) < 4.78 is 0. The largest absolute Gasteiger partial charge is 0.357 e. The quantitative estimate of drug-likeness (QED) is 0.305. The van der Waals surface area contributed by atoms with Crippen molar-refractivity contribution in [2.45, 2.75) is 97.8 Å². The van der Waals surface area contributed by atoms with Gasteiger partial charge in [-0.05, 0) is 25.0 Å². The summed E-state index contributed by atoms with van der Waals surface area (Å²) in [6.45, 7) is 8.36. The van der Waals surface area contributed by atoms with Crippen LogP contribution in [0.2, 0.25) is 0 Å². The van der Waals surface area contributed by atoms with E-state index in [2.05, 4.69) is 31.8 Å². The molecule has 4 heteroatoms. The molecule has 0 aliphatic heterocycles. The van der Waals surface area contributed by atoms with E-state index in [4.69, 9.17) is 0 Å². The van der Waals surface area contributed by atoms with Crippen LogP contribution in [0.1, 0.15) is 97.8 Å². The van der Waals surface area contributed by atoms with E-state index in [9.17, 15) is 4.79 Å². The lowest BCUT2D eigenvalue weighted by Gasteiger charge is -2.12. The topological polar surface area (TPSA) is 56.7 Å². The molecule has 26 heavy (non-hydrogen) atoms. The van der Waals surface area contributed by atoms with Crippen LogP contribution in [0.3, 0.4) is 0 Å². The van der Waals surface area contributed by atoms with Crippen molar-refractivity contribution in [2.24, 2.45) is 11.8 Å². The van der Waals surface area contributed by atoms with Gasteiger partial charge >= 0.3 is 0 Å². The van der Waals surface area contributed by atoms with Crippen LogP contribution < -0.4 is 11.1 Å². The predicted molar refractivity (Wildman–Crippen MR) is 117 cm³/mol. The summed E-state index contributed by atoms with van der Waals surface area (Å²) in [5.74, 6) is 3.19. The normalized spacial score (nSPS) is 13.5. The van der Waals surface area contributed by atoms with Gasteiger partial charge in [-0.2, -0.15) is 11.8 Å². The van der Waals surface area contributed by atoms with Gasteiger partial charge in [0.05, 0.1) is 6.54 Å². The van der Waals surface area contributed by atoms with Crippen molar-refractivity contribution in [3.05, 3.63) is 0 Å². The highest BCUT2D eigenvalue weighted by Gasteiger charge is 2.12. The molecule has 0 spiro atoms. The molecule has 0 aromatic carbocycles. The van der Waals surface area contributed by atoms with E-state index < -0.39 is 0 Å². The number of amides is 1. The number of rotatable bonds is 19. The molecule has 156 valence electrons. The van der Waals surface area contributed by atoms with E-state index >= 15 is 0 Å². The van der Waals surface area contributed by atoms with E-state index in [1.807, 2.05) is 11.8 Å². The summed E-state index contributed by atoms with van der Waals surface area (Å²) in [6, 6.07) is 0. The van der Waals surface area contributed by atoms with E-state index in [1.54, 1.807) is 0 Å². The molecule has 3 nitrogen and oxygen atoms in total. The minimum absolute atomic E-state index is 0.133. The van der Waals surface area contributed by atoms with Gasteiger partial charge < -0.3 is 11.1 Å². The average Bonchev–Trinajstić information content (AvgIpc) is 2.65. The Morgan fingerprint density at radius 3 is 2.08 bits per heavy atom. The zero-order chi connectivity index (χ0) is 19.5. The van der Waals surface area contributed by atoms with Gasteiger partial charge in [-0.25, -0.2) is 0 Å². The second-order valence-electron chi connectivity index (χ2n) is 7.99. The van der Waals surface area contributed by atoms with E-state index in [-0.39, 0.29) is 11.8 Å². The van der Waals surface area contributed by atoms with Gasteiger partial charge in [-0.1, -0.05) is 78.6 Å². The molecule has 0 heterocycles. The highest BCUT2D eigenvalue weighted by molar-refractivity contribution is 7.99. The Bertz CT molecular complexity index is 313. The Kier molecular flexibility index (Phi) is 19.4. The number of unbranched alkanes of at least 4 members (excludes halogenated alkanes) is 9. The molecule has 0 saturated heterocycles. The van der Waals surface area contributed by atoms with Crippen molar-refractivity contribution < 1.29 is 10.5 Å². The molecule has 0 fully saturated rings. The minimum atomic E-state index is 0.133. The molecule has 0 aliphatic rings. The molecule has 0 rings (SSSR count). The van der Waals surface area contributed by atoms with Gasteiger partial charge in [0.2, 0.25) is 5.91 Å². The smallest absolute Gasteiger partial charge is 0.223 e. The van der Waals surface area contributed by atoms with Crippen LogP contribution in [0.4, 0.5) is 0 Å². The highest BCUT2D eigenvalue weighted by Crippen LogP contribution is 2.14. The van der Waals surface area contributed by atoms with Gasteiger partial charge in [-0.15, -0.1) is 0 Å². The lowest BCUT2D eigenvalue weighted by atomic mass is 10.1. The van der Waals surface area contributed by atoms with E-state index in [0.29, 0.717) is 5.92 Å². The van der Waals surface area contributed by atoms with Crippen LogP contribution in [0.15, 0.2) is 0 Å². The Hall–Kier alpha value is -0.220. The molecule has 0 aromatic rings. The first-order valence-electron chi connectivity index (χ1n) is 11.3. The van der Waals surface area contributed by atoms with Gasteiger partial charge in [-0.3, -0.25) is 4.79 Å². The fourth-order valence-corrected chi connectivity index (χ4v) is 4.09. The first-order valence-corrected chi connectivity index (χ1v) is 12.4. The monoisotopic (exact) mass is 387 g/mol. The summed E-state index contributed by atoms with van der Waals surface area (Å²) in [7, 11) is 0. The maximum absolute atomic E-state index is 12.1. The van der Waals surface area contributed by atoms with Crippen LogP contribution in [-0.2, 0) is 4.79 Å². The fourth-order valence-electron chi connectivity index (χ4n) is 3.01. The number of nitrogens with one attached hydrogen (secondary N) is 1. The predicted octanol–water partition coefficient (Wildman–Crippen LogP) is 5.05. The number of carbonyl (C=O) groups is 1. The zero-order valence-corrected chi connectivity index (χ0v) is 18.8. The number of hydrogen-bond acceptors (Lipinski definition) is 2. The highest BCUT2D eigenvalue weighted by atomic mass is 32.2. The first kappa shape index (κ1) is 25.8. The third kappa shape index (κ3) is 17.2. The number of carbonyl (C=O) groups excluding carboxylic acids is 1. The number of hydrogen-bond donors (Lipinski definition) is 2. The van der Waals surface area contributed by atoms with Crippen molar-refractivity contribution in [2.75, 3.05) is 24.6 Å². The molecule has 2 unspecified atom stereocenters. The van der Waals surface area contributed by atoms with Gasteiger partial charge in [0.25, 0.3) is 0 Å². The first-order chi connectivity index (χ1) is 12.6. The Labute approximate surface area is 168 Å². The molecule has 0 bridgehead atoms. The molecular weight excluding hydrogens is 340 g/mol. The summed E-state index contributed by atoms with van der Waals surface area (Å²) in [6.07, 6.45) is 16.1. The number of thioether (sulfide) groups is 1. The van der Waals surface area contributed by atoms with Crippen molar-refractivity contribution >= 4 is 17.7 Å². The van der Waals surface area contributed by atoms with Crippen molar-refractivity contribution in [3.63, 3.8) is 0 Å².